The van der Waals surface area contributed by atoms with Gasteiger partial charge in [-0.15, -0.1) is 0 Å². The molecule has 2 rings (SSSR count). The molecule has 6 heteroatoms. The fraction of sp³-hybridized carbons (Fsp3) is 0.357. The summed E-state index contributed by atoms with van der Waals surface area (Å²) in [6.07, 6.45) is 2.48. The summed E-state index contributed by atoms with van der Waals surface area (Å²) in [5.41, 5.74) is 0.885. The SMILES string of the molecule is CNCCCN(C)c1ncnc2cc(C(=O)O)ccc12. The molecule has 0 aliphatic heterocycles. The molecule has 0 fully saturated rings. The molecule has 0 saturated carbocycles. The summed E-state index contributed by atoms with van der Waals surface area (Å²) < 4.78 is 0. The van der Waals surface area contributed by atoms with E-state index in [1.807, 2.05) is 14.1 Å². The Kier molecular flexibility index (Phi) is 4.47. The van der Waals surface area contributed by atoms with Crippen molar-refractivity contribution >= 4 is 22.7 Å². The second kappa shape index (κ2) is 6.29. The van der Waals surface area contributed by atoms with E-state index in [9.17, 15) is 4.79 Å². The first-order chi connectivity index (χ1) is 9.63. The standard InChI is InChI=1S/C14H18N4O2/c1-15-6-3-7-18(2)13-11-5-4-10(14(19)20)8-12(11)16-9-17-13/h4-5,8-9,15H,3,6-7H2,1-2H3,(H,19,20). The van der Waals surface area contributed by atoms with Crippen molar-refractivity contribution in [3.63, 3.8) is 0 Å². The minimum atomic E-state index is -0.950. The van der Waals surface area contributed by atoms with Crippen LogP contribution < -0.4 is 10.2 Å². The molecular formula is C14H18N4O2. The first-order valence-electron chi connectivity index (χ1n) is 6.47. The predicted octanol–water partition coefficient (Wildman–Crippen LogP) is 1.37. The van der Waals surface area contributed by atoms with Gasteiger partial charge < -0.3 is 15.3 Å². The van der Waals surface area contributed by atoms with Gasteiger partial charge in [0.25, 0.3) is 0 Å². The van der Waals surface area contributed by atoms with E-state index < -0.39 is 5.97 Å². The van der Waals surface area contributed by atoms with Crippen molar-refractivity contribution in [3.05, 3.63) is 30.1 Å². The van der Waals surface area contributed by atoms with E-state index in [-0.39, 0.29) is 5.56 Å². The van der Waals surface area contributed by atoms with Crippen LogP contribution in [0.1, 0.15) is 16.8 Å². The van der Waals surface area contributed by atoms with Crippen molar-refractivity contribution in [2.24, 2.45) is 0 Å². The minimum Gasteiger partial charge on any atom is -0.478 e. The number of aromatic nitrogens is 2. The first-order valence-corrected chi connectivity index (χ1v) is 6.47. The Morgan fingerprint density at radius 3 is 2.90 bits per heavy atom. The van der Waals surface area contributed by atoms with Gasteiger partial charge in [-0.05, 0) is 38.2 Å². The summed E-state index contributed by atoms with van der Waals surface area (Å²) in [6.45, 7) is 1.81. The van der Waals surface area contributed by atoms with Crippen molar-refractivity contribution < 1.29 is 9.90 Å². The second-order valence-electron chi connectivity index (χ2n) is 4.61. The van der Waals surface area contributed by atoms with Crippen LogP contribution in [0.3, 0.4) is 0 Å². The van der Waals surface area contributed by atoms with Crippen molar-refractivity contribution in [2.75, 3.05) is 32.1 Å². The molecule has 2 aromatic rings. The number of aromatic carboxylic acids is 1. The molecule has 0 radical (unpaired) electrons. The van der Waals surface area contributed by atoms with Crippen molar-refractivity contribution in [3.8, 4) is 0 Å². The second-order valence-corrected chi connectivity index (χ2v) is 4.61. The molecule has 0 spiro atoms. The third-order valence-corrected chi connectivity index (χ3v) is 3.14. The highest BCUT2D eigenvalue weighted by Gasteiger charge is 2.10. The smallest absolute Gasteiger partial charge is 0.335 e. The number of carboxylic acid groups (broad SMARTS) is 1. The van der Waals surface area contributed by atoms with E-state index in [4.69, 9.17) is 5.11 Å². The zero-order valence-electron chi connectivity index (χ0n) is 11.6. The largest absolute Gasteiger partial charge is 0.478 e. The molecule has 0 saturated heterocycles. The molecule has 0 aliphatic rings. The highest BCUT2D eigenvalue weighted by atomic mass is 16.4. The Bertz CT molecular complexity index is 615. The van der Waals surface area contributed by atoms with Crippen molar-refractivity contribution in [1.29, 1.82) is 0 Å². The lowest BCUT2D eigenvalue weighted by Crippen LogP contribution is -2.23. The number of benzene rings is 1. The Hall–Kier alpha value is -2.21. The molecule has 1 aromatic heterocycles. The van der Waals surface area contributed by atoms with E-state index in [0.29, 0.717) is 5.52 Å². The number of hydrogen-bond acceptors (Lipinski definition) is 5. The number of rotatable bonds is 6. The average molecular weight is 274 g/mol. The molecule has 0 amide bonds. The van der Waals surface area contributed by atoms with Gasteiger partial charge in [0.15, 0.2) is 0 Å². The van der Waals surface area contributed by atoms with Gasteiger partial charge in [0.1, 0.15) is 12.1 Å². The highest BCUT2D eigenvalue weighted by Crippen LogP contribution is 2.23. The molecular weight excluding hydrogens is 256 g/mol. The number of carbonyl (C=O) groups is 1. The molecule has 0 aliphatic carbocycles. The molecule has 0 atom stereocenters. The number of nitrogens with one attached hydrogen (secondary N) is 1. The topological polar surface area (TPSA) is 78.3 Å². The summed E-state index contributed by atoms with van der Waals surface area (Å²) >= 11 is 0. The average Bonchev–Trinajstić information content (AvgIpc) is 2.46. The molecule has 0 unspecified atom stereocenters. The summed E-state index contributed by atoms with van der Waals surface area (Å²) in [5, 5.41) is 13.0. The van der Waals surface area contributed by atoms with Gasteiger partial charge in [0.05, 0.1) is 11.1 Å². The van der Waals surface area contributed by atoms with Crippen LogP contribution in [0, 0.1) is 0 Å². The monoisotopic (exact) mass is 274 g/mol. The van der Waals surface area contributed by atoms with Gasteiger partial charge in [-0.25, -0.2) is 14.8 Å². The Morgan fingerprint density at radius 2 is 2.20 bits per heavy atom. The van der Waals surface area contributed by atoms with Crippen LogP contribution in [0.15, 0.2) is 24.5 Å². The van der Waals surface area contributed by atoms with Crippen LogP contribution in [0.2, 0.25) is 0 Å². The van der Waals surface area contributed by atoms with Crippen LogP contribution in [0.4, 0.5) is 5.82 Å². The highest BCUT2D eigenvalue weighted by molar-refractivity contribution is 5.96. The van der Waals surface area contributed by atoms with E-state index in [2.05, 4.69) is 20.2 Å². The summed E-state index contributed by atoms with van der Waals surface area (Å²) in [7, 11) is 3.90. The zero-order chi connectivity index (χ0) is 14.5. The van der Waals surface area contributed by atoms with Crippen LogP contribution in [0.25, 0.3) is 10.9 Å². The normalized spacial score (nSPS) is 10.7. The number of hydrogen-bond donors (Lipinski definition) is 2. The predicted molar refractivity (Wildman–Crippen MR) is 78.3 cm³/mol. The lowest BCUT2D eigenvalue weighted by Gasteiger charge is -2.19. The molecule has 0 bridgehead atoms. The molecule has 106 valence electrons. The van der Waals surface area contributed by atoms with Crippen molar-refractivity contribution in [1.82, 2.24) is 15.3 Å². The van der Waals surface area contributed by atoms with E-state index in [1.54, 1.807) is 18.2 Å². The number of fused-ring (bicyclic) bond motifs is 1. The van der Waals surface area contributed by atoms with Gasteiger partial charge >= 0.3 is 5.97 Å². The van der Waals surface area contributed by atoms with Crippen LogP contribution >= 0.6 is 0 Å². The lowest BCUT2D eigenvalue weighted by molar-refractivity contribution is 0.0697. The maximum Gasteiger partial charge on any atom is 0.335 e. The Morgan fingerprint density at radius 1 is 1.40 bits per heavy atom. The van der Waals surface area contributed by atoms with Gasteiger partial charge in [0, 0.05) is 19.0 Å². The van der Waals surface area contributed by atoms with Crippen LogP contribution in [0.5, 0.6) is 0 Å². The zero-order valence-corrected chi connectivity index (χ0v) is 11.6. The van der Waals surface area contributed by atoms with Crippen LogP contribution in [-0.4, -0.2) is 48.2 Å². The summed E-state index contributed by atoms with van der Waals surface area (Å²) in [6, 6.07) is 4.92. The van der Waals surface area contributed by atoms with Gasteiger partial charge in [-0.3, -0.25) is 0 Å². The lowest BCUT2D eigenvalue weighted by atomic mass is 10.1. The van der Waals surface area contributed by atoms with E-state index in [1.165, 1.54) is 6.33 Å². The maximum absolute atomic E-state index is 11.0. The summed E-state index contributed by atoms with van der Waals surface area (Å²) in [5.74, 6) is -0.127. The van der Waals surface area contributed by atoms with Gasteiger partial charge in [-0.1, -0.05) is 0 Å². The van der Waals surface area contributed by atoms with E-state index >= 15 is 0 Å². The third kappa shape index (κ3) is 3.03. The summed E-state index contributed by atoms with van der Waals surface area (Å²) in [4.78, 5) is 21.5. The van der Waals surface area contributed by atoms with Gasteiger partial charge in [0.2, 0.25) is 0 Å². The number of nitrogens with zero attached hydrogens (tertiary/aromatic N) is 3. The fourth-order valence-corrected chi connectivity index (χ4v) is 2.08. The molecule has 1 aromatic carbocycles. The Balaban J connectivity index is 2.32. The maximum atomic E-state index is 11.0. The van der Waals surface area contributed by atoms with E-state index in [0.717, 1.165) is 30.7 Å². The number of anilines is 1. The molecule has 2 N–H and O–H groups in total. The van der Waals surface area contributed by atoms with Crippen molar-refractivity contribution in [2.45, 2.75) is 6.42 Å². The Labute approximate surface area is 117 Å². The first kappa shape index (κ1) is 14.2. The number of carboxylic acids is 1. The minimum absolute atomic E-state index is 0.236. The molecule has 20 heavy (non-hydrogen) atoms. The van der Waals surface area contributed by atoms with Gasteiger partial charge in [-0.2, -0.15) is 0 Å². The molecule has 6 nitrogen and oxygen atoms in total. The quantitative estimate of drug-likeness (QED) is 0.775. The fourth-order valence-electron chi connectivity index (χ4n) is 2.08. The van der Waals surface area contributed by atoms with Crippen LogP contribution in [-0.2, 0) is 0 Å². The third-order valence-electron chi connectivity index (χ3n) is 3.14. The molecule has 1 heterocycles.